The highest BCUT2D eigenvalue weighted by Crippen LogP contribution is 2.40. The van der Waals surface area contributed by atoms with Gasteiger partial charge in [0.05, 0.1) is 29.8 Å². The largest absolute Gasteiger partial charge is 0.494 e. The number of hydrogen-bond donors (Lipinski definition) is 2. The molecular formula is C26H29N6O8P. The van der Waals surface area contributed by atoms with Gasteiger partial charge in [-0.05, 0) is 19.1 Å². The van der Waals surface area contributed by atoms with Gasteiger partial charge in [0, 0.05) is 50.9 Å². The molecule has 0 atom stereocenters. The fourth-order valence-corrected chi connectivity index (χ4v) is 4.76. The number of methoxy groups -OCH3 is 1. The number of ketones is 1. The predicted octanol–water partition coefficient (Wildman–Crippen LogP) is 2.23. The topological polar surface area (TPSA) is 167 Å². The van der Waals surface area contributed by atoms with E-state index >= 15 is 0 Å². The monoisotopic (exact) mass is 584 g/mol. The van der Waals surface area contributed by atoms with Crippen molar-refractivity contribution in [3.05, 3.63) is 66.1 Å². The summed E-state index contributed by atoms with van der Waals surface area (Å²) in [5, 5.41) is 5.36. The summed E-state index contributed by atoms with van der Waals surface area (Å²) < 4.78 is 22.8. The molecule has 1 aliphatic heterocycles. The minimum Gasteiger partial charge on any atom is -0.494 e. The number of rotatable bonds is 10. The lowest BCUT2D eigenvalue weighted by molar-refractivity contribution is -0.127. The number of amides is 2. The number of phosphoric acid groups is 1. The molecule has 3 heterocycles. The Hall–Kier alpha value is -4.36. The summed E-state index contributed by atoms with van der Waals surface area (Å²) in [6.07, 6.45) is 5.78. The van der Waals surface area contributed by atoms with Gasteiger partial charge in [0.25, 0.3) is 17.6 Å². The fourth-order valence-electron chi connectivity index (χ4n) is 4.49. The zero-order chi connectivity index (χ0) is 29.7. The van der Waals surface area contributed by atoms with Crippen LogP contribution >= 0.6 is 7.82 Å². The van der Waals surface area contributed by atoms with Gasteiger partial charge >= 0.3 is 7.82 Å². The van der Waals surface area contributed by atoms with E-state index in [4.69, 9.17) is 9.26 Å². The molecule has 3 aromatic rings. The van der Waals surface area contributed by atoms with Crippen LogP contribution in [-0.2, 0) is 20.6 Å². The van der Waals surface area contributed by atoms with Gasteiger partial charge in [-0.3, -0.25) is 18.9 Å². The number of anilines is 1. The van der Waals surface area contributed by atoms with E-state index in [1.54, 1.807) is 42.2 Å². The molecule has 0 spiro atoms. The number of benzene rings is 1. The Balaban J connectivity index is 1.68. The standard InChI is InChI=1S/C26H29N6O8P/c1-4-10-32(27-2)24-22-21(20(39-3)15-28-24)19(16-31(22)17-40-41(36,37)38)23(33)26(35)30-13-11-29(12-14-30)25(34)18-8-6-5-7-9-18/h4-10,15-16H,2,11-14,17H2,1,3H3,(H2,36,37,38)/b10-4-. The lowest BCUT2D eigenvalue weighted by Crippen LogP contribution is -2.52. The minimum absolute atomic E-state index is 0.0907. The number of hydrazone groups is 1. The van der Waals surface area contributed by atoms with Gasteiger partial charge in [-0.2, -0.15) is 5.10 Å². The Labute approximate surface area is 235 Å². The van der Waals surface area contributed by atoms with Crippen LogP contribution in [0.3, 0.4) is 0 Å². The molecule has 1 aliphatic rings. The molecule has 0 aliphatic carbocycles. The van der Waals surface area contributed by atoms with Crippen molar-refractivity contribution in [2.75, 3.05) is 38.3 Å². The van der Waals surface area contributed by atoms with Gasteiger partial charge in [0.1, 0.15) is 12.5 Å². The predicted molar refractivity (Wildman–Crippen MR) is 150 cm³/mol. The Bertz CT molecular complexity index is 1540. The van der Waals surface area contributed by atoms with Crippen LogP contribution in [0, 0.1) is 0 Å². The second kappa shape index (κ2) is 12.4. The lowest BCUT2D eigenvalue weighted by atomic mass is 10.1. The van der Waals surface area contributed by atoms with Gasteiger partial charge in [-0.25, -0.2) is 14.6 Å². The van der Waals surface area contributed by atoms with Crippen LogP contribution < -0.4 is 9.75 Å². The first-order valence-corrected chi connectivity index (χ1v) is 13.9. The first-order chi connectivity index (χ1) is 19.6. The maximum absolute atomic E-state index is 13.6. The molecule has 0 bridgehead atoms. The molecule has 1 saturated heterocycles. The van der Waals surface area contributed by atoms with Gasteiger partial charge < -0.3 is 28.9 Å². The molecule has 1 fully saturated rings. The normalized spacial score (nSPS) is 14.0. The summed E-state index contributed by atoms with van der Waals surface area (Å²) in [6.45, 7) is 5.34. The Morgan fingerprint density at radius 2 is 1.80 bits per heavy atom. The van der Waals surface area contributed by atoms with Crippen LogP contribution in [-0.4, -0.2) is 86.7 Å². The number of carbonyl (C=O) groups excluding carboxylic acids is 3. The fraction of sp³-hybridized carbons (Fsp3) is 0.269. The molecule has 216 valence electrons. The van der Waals surface area contributed by atoms with Crippen LogP contribution in [0.15, 0.2) is 60.1 Å². The smallest absolute Gasteiger partial charge is 0.471 e. The average molecular weight is 585 g/mol. The number of Topliss-reactive ketones (excluding diaryl/α,β-unsaturated/α-hetero) is 1. The Morgan fingerprint density at radius 3 is 2.39 bits per heavy atom. The molecule has 15 heteroatoms. The maximum atomic E-state index is 13.6. The van der Waals surface area contributed by atoms with E-state index < -0.39 is 26.2 Å². The number of piperazine rings is 1. The number of nitrogens with zero attached hydrogens (tertiary/aromatic N) is 6. The summed E-state index contributed by atoms with van der Waals surface area (Å²) >= 11 is 0. The van der Waals surface area contributed by atoms with Gasteiger partial charge in [-0.15, -0.1) is 0 Å². The van der Waals surface area contributed by atoms with Crippen LogP contribution in [0.2, 0.25) is 0 Å². The lowest BCUT2D eigenvalue weighted by Gasteiger charge is -2.34. The maximum Gasteiger partial charge on any atom is 0.471 e. The van der Waals surface area contributed by atoms with Crippen molar-refractivity contribution in [3.8, 4) is 5.75 Å². The first-order valence-electron chi connectivity index (χ1n) is 12.4. The third-order valence-corrected chi connectivity index (χ3v) is 6.85. The molecule has 0 radical (unpaired) electrons. The summed E-state index contributed by atoms with van der Waals surface area (Å²) in [6, 6.07) is 8.78. The van der Waals surface area contributed by atoms with E-state index in [0.29, 0.717) is 5.56 Å². The highest BCUT2D eigenvalue weighted by Gasteiger charge is 2.33. The summed E-state index contributed by atoms with van der Waals surface area (Å²) in [4.78, 5) is 65.7. The zero-order valence-electron chi connectivity index (χ0n) is 22.4. The highest BCUT2D eigenvalue weighted by atomic mass is 31.2. The number of phosphoric ester groups is 1. The van der Waals surface area contributed by atoms with Crippen molar-refractivity contribution in [3.63, 3.8) is 0 Å². The quantitative estimate of drug-likeness (QED) is 0.119. The van der Waals surface area contributed by atoms with Crippen molar-refractivity contribution in [2.24, 2.45) is 5.10 Å². The van der Waals surface area contributed by atoms with Crippen LogP contribution in [0.25, 0.3) is 10.9 Å². The molecule has 4 rings (SSSR count). The van der Waals surface area contributed by atoms with E-state index in [2.05, 4.69) is 16.8 Å². The van der Waals surface area contributed by atoms with E-state index in [1.165, 1.54) is 40.2 Å². The van der Waals surface area contributed by atoms with Crippen LogP contribution in [0.5, 0.6) is 5.75 Å². The van der Waals surface area contributed by atoms with E-state index in [-0.39, 0.29) is 60.1 Å². The summed E-state index contributed by atoms with van der Waals surface area (Å²) in [5.41, 5.74) is 0.607. The zero-order valence-corrected chi connectivity index (χ0v) is 23.3. The van der Waals surface area contributed by atoms with Crippen LogP contribution in [0.1, 0.15) is 27.6 Å². The molecule has 41 heavy (non-hydrogen) atoms. The second-order valence-corrected chi connectivity index (χ2v) is 10.1. The Kier molecular flexibility index (Phi) is 8.98. The molecule has 2 aromatic heterocycles. The number of fused-ring (bicyclic) bond motifs is 1. The van der Waals surface area contributed by atoms with Crippen LogP contribution in [0.4, 0.5) is 5.82 Å². The Morgan fingerprint density at radius 1 is 1.15 bits per heavy atom. The second-order valence-electron chi connectivity index (χ2n) is 8.88. The van der Waals surface area contributed by atoms with E-state index in [9.17, 15) is 28.7 Å². The highest BCUT2D eigenvalue weighted by molar-refractivity contribution is 7.46. The number of carbonyl (C=O) groups is 3. The number of pyridine rings is 1. The number of allylic oxidation sites excluding steroid dienone is 1. The van der Waals surface area contributed by atoms with Gasteiger partial charge in [0.15, 0.2) is 5.82 Å². The van der Waals surface area contributed by atoms with E-state index in [0.717, 1.165) is 0 Å². The molecule has 1 aromatic carbocycles. The molecule has 0 saturated carbocycles. The van der Waals surface area contributed by atoms with Crippen molar-refractivity contribution < 1.29 is 38.0 Å². The number of hydrogen-bond acceptors (Lipinski definition) is 9. The summed E-state index contributed by atoms with van der Waals surface area (Å²) in [7, 11) is -3.55. The van der Waals surface area contributed by atoms with Gasteiger partial charge in [0.2, 0.25) is 0 Å². The van der Waals surface area contributed by atoms with Crippen molar-refractivity contribution >= 4 is 48.9 Å². The number of ether oxygens (including phenoxy) is 1. The molecule has 0 unspecified atom stereocenters. The molecule has 2 amide bonds. The first kappa shape index (κ1) is 29.6. The van der Waals surface area contributed by atoms with Gasteiger partial charge in [-0.1, -0.05) is 24.3 Å². The molecule has 2 N–H and O–H groups in total. The SMILES string of the molecule is C=NN(/C=C\C)c1ncc(OC)c2c(C(=O)C(=O)N3CCN(C(=O)c4ccccc4)CC3)cn(COP(=O)(O)O)c12. The third-order valence-electron chi connectivity index (χ3n) is 6.40. The minimum atomic E-state index is -4.91. The van der Waals surface area contributed by atoms with E-state index in [1.807, 2.05) is 6.07 Å². The molecular weight excluding hydrogens is 555 g/mol. The average Bonchev–Trinajstić information content (AvgIpc) is 3.37. The summed E-state index contributed by atoms with van der Waals surface area (Å²) in [5.74, 6) is -1.57. The number of aromatic nitrogens is 2. The molecule has 14 nitrogen and oxygen atoms in total. The van der Waals surface area contributed by atoms with Crippen molar-refractivity contribution in [1.29, 1.82) is 0 Å². The van der Waals surface area contributed by atoms with Crippen molar-refractivity contribution in [2.45, 2.75) is 13.7 Å². The third kappa shape index (κ3) is 6.36. The van der Waals surface area contributed by atoms with Crippen molar-refractivity contribution in [1.82, 2.24) is 19.4 Å².